The first-order valence-electron chi connectivity index (χ1n) is 12.0. The van der Waals surface area contributed by atoms with Crippen LogP contribution in [-0.2, 0) is 14.3 Å². The fourth-order valence-corrected chi connectivity index (χ4v) is 3.65. The molecule has 0 unspecified atom stereocenters. The van der Waals surface area contributed by atoms with Gasteiger partial charge in [0.25, 0.3) is 0 Å². The Morgan fingerprint density at radius 3 is 2.10 bits per heavy atom. The molecule has 30 heavy (non-hydrogen) atoms. The zero-order chi connectivity index (χ0) is 22.0. The number of unbranched alkanes of at least 4 members (excludes halogenated alkanes) is 11. The first-order chi connectivity index (χ1) is 14.6. The van der Waals surface area contributed by atoms with E-state index in [9.17, 15) is 20.1 Å². The van der Waals surface area contributed by atoms with Gasteiger partial charge in [-0.1, -0.05) is 70.4 Å². The van der Waals surface area contributed by atoms with E-state index < -0.39 is 24.4 Å². The molecule has 0 aromatic carbocycles. The van der Waals surface area contributed by atoms with Crippen LogP contribution < -0.4 is 0 Å². The Morgan fingerprint density at radius 2 is 1.53 bits per heavy atom. The summed E-state index contributed by atoms with van der Waals surface area (Å²) in [6.07, 6.45) is 16.5. The van der Waals surface area contributed by atoms with Gasteiger partial charge >= 0.3 is 5.97 Å². The largest absolute Gasteiger partial charge is 0.463 e. The molecule has 0 aromatic rings. The second kappa shape index (κ2) is 17.7. The summed E-state index contributed by atoms with van der Waals surface area (Å²) in [5.41, 5.74) is 0. The van der Waals surface area contributed by atoms with Crippen LogP contribution in [0.25, 0.3) is 0 Å². The normalized spacial score (nSPS) is 22.6. The average molecular weight is 429 g/mol. The molecule has 3 N–H and O–H groups in total. The topological polar surface area (TPSA) is 96.2 Å². The molecule has 1 saturated heterocycles. The Morgan fingerprint density at radius 1 is 0.967 bits per heavy atom. The Balaban J connectivity index is 1.87. The van der Waals surface area contributed by atoms with Gasteiger partial charge in [-0.25, -0.2) is 0 Å². The molecule has 1 aliphatic rings. The molecule has 0 aliphatic carbocycles. The van der Waals surface area contributed by atoms with Gasteiger partial charge in [0.1, 0.15) is 31.0 Å². The van der Waals surface area contributed by atoms with Gasteiger partial charge < -0.3 is 24.8 Å². The summed E-state index contributed by atoms with van der Waals surface area (Å²) in [6, 6.07) is 0. The molecule has 0 aromatic heterocycles. The smallest absolute Gasteiger partial charge is 0.305 e. The number of esters is 1. The monoisotopic (exact) mass is 428 g/mol. The van der Waals surface area contributed by atoms with Gasteiger partial charge in [0.2, 0.25) is 0 Å². The van der Waals surface area contributed by atoms with Gasteiger partial charge in [0.15, 0.2) is 0 Å². The number of ether oxygens (including phenoxy) is 2. The number of aliphatic hydroxyl groups is 3. The van der Waals surface area contributed by atoms with Crippen molar-refractivity contribution in [1.29, 1.82) is 0 Å². The van der Waals surface area contributed by atoms with Crippen LogP contribution in [-0.4, -0.2) is 58.9 Å². The van der Waals surface area contributed by atoms with Crippen molar-refractivity contribution in [3.05, 3.63) is 12.2 Å². The minimum Gasteiger partial charge on any atom is -0.463 e. The van der Waals surface area contributed by atoms with Gasteiger partial charge in [-0.05, 0) is 32.1 Å². The van der Waals surface area contributed by atoms with Crippen LogP contribution in [0, 0.1) is 0 Å². The zero-order valence-electron chi connectivity index (χ0n) is 18.8. The Bertz CT molecular complexity index is 453. The van der Waals surface area contributed by atoms with Gasteiger partial charge in [0, 0.05) is 6.42 Å². The van der Waals surface area contributed by atoms with Crippen molar-refractivity contribution < 1.29 is 29.6 Å². The van der Waals surface area contributed by atoms with Crippen LogP contribution in [0.2, 0.25) is 0 Å². The van der Waals surface area contributed by atoms with Crippen LogP contribution in [0.5, 0.6) is 0 Å². The van der Waals surface area contributed by atoms with E-state index in [2.05, 4.69) is 19.1 Å². The molecule has 0 amide bonds. The van der Waals surface area contributed by atoms with E-state index >= 15 is 0 Å². The summed E-state index contributed by atoms with van der Waals surface area (Å²) in [4.78, 5) is 11.7. The molecule has 4 atom stereocenters. The molecule has 0 saturated carbocycles. The molecule has 6 heteroatoms. The first kappa shape index (κ1) is 27.1. The second-order valence-corrected chi connectivity index (χ2v) is 8.44. The molecule has 0 radical (unpaired) electrons. The number of carbonyl (C=O) groups excluding carboxylic acids is 1. The van der Waals surface area contributed by atoms with Gasteiger partial charge in [-0.3, -0.25) is 4.79 Å². The minimum atomic E-state index is -1.15. The van der Waals surface area contributed by atoms with Crippen LogP contribution >= 0.6 is 0 Å². The van der Waals surface area contributed by atoms with Gasteiger partial charge in [-0.15, -0.1) is 0 Å². The highest BCUT2D eigenvalue weighted by atomic mass is 16.6. The van der Waals surface area contributed by atoms with Gasteiger partial charge in [-0.2, -0.15) is 0 Å². The molecule has 6 nitrogen and oxygen atoms in total. The minimum absolute atomic E-state index is 0.0221. The maximum Gasteiger partial charge on any atom is 0.305 e. The Labute approximate surface area is 182 Å². The Hall–Kier alpha value is -0.950. The third-order valence-corrected chi connectivity index (χ3v) is 5.63. The lowest BCUT2D eigenvalue weighted by atomic mass is 10.1. The van der Waals surface area contributed by atoms with Crippen molar-refractivity contribution in [1.82, 2.24) is 0 Å². The molecular formula is C24H44O6. The van der Waals surface area contributed by atoms with Crippen LogP contribution in [0.1, 0.15) is 96.8 Å². The number of aliphatic hydroxyl groups excluding tert-OH is 3. The van der Waals surface area contributed by atoms with Crippen LogP contribution in [0.4, 0.5) is 0 Å². The highest BCUT2D eigenvalue weighted by Crippen LogP contribution is 2.18. The highest BCUT2D eigenvalue weighted by Gasteiger charge is 2.39. The maximum atomic E-state index is 11.7. The van der Waals surface area contributed by atoms with Crippen molar-refractivity contribution in [3.8, 4) is 0 Å². The number of rotatable bonds is 18. The SMILES string of the molecule is CCCCCCCCC=CCCCCCCCC(=O)OC[C@@H](O)[C@H]1OC[C@H](O)[C@H]1O. The van der Waals surface area contributed by atoms with E-state index in [0.29, 0.717) is 6.42 Å². The number of allylic oxidation sites excluding steroid dienone is 2. The lowest BCUT2D eigenvalue weighted by Crippen LogP contribution is -2.41. The van der Waals surface area contributed by atoms with E-state index in [-0.39, 0.29) is 19.2 Å². The zero-order valence-corrected chi connectivity index (χ0v) is 18.8. The first-order valence-corrected chi connectivity index (χ1v) is 12.0. The lowest BCUT2D eigenvalue weighted by molar-refractivity contribution is -0.151. The fraction of sp³-hybridized carbons (Fsp3) is 0.875. The van der Waals surface area contributed by atoms with E-state index in [1.807, 2.05) is 0 Å². The molecule has 0 bridgehead atoms. The predicted octanol–water partition coefficient (Wildman–Crippen LogP) is 4.05. The van der Waals surface area contributed by atoms with E-state index in [1.165, 1.54) is 57.8 Å². The number of hydrogen-bond donors (Lipinski definition) is 3. The summed E-state index contributed by atoms with van der Waals surface area (Å²) in [5, 5.41) is 29.0. The average Bonchev–Trinajstić information content (AvgIpc) is 3.07. The van der Waals surface area contributed by atoms with Crippen LogP contribution in [0.15, 0.2) is 12.2 Å². The summed E-state index contributed by atoms with van der Waals surface area (Å²) >= 11 is 0. The molecule has 1 heterocycles. The standard InChI is InChI=1S/C24H44O6/c1-2-3-4-5-6-7-8-9-10-11-12-13-14-15-16-17-22(27)29-19-21(26)24-23(28)20(25)18-30-24/h9-10,20-21,23-26,28H,2-8,11-19H2,1H3/t20-,21+,23+,24+/m0/s1. The molecule has 176 valence electrons. The quantitative estimate of drug-likeness (QED) is 0.173. The third-order valence-electron chi connectivity index (χ3n) is 5.63. The van der Waals surface area contributed by atoms with Crippen molar-refractivity contribution in [2.75, 3.05) is 13.2 Å². The van der Waals surface area contributed by atoms with Crippen molar-refractivity contribution >= 4 is 5.97 Å². The summed E-state index contributed by atoms with van der Waals surface area (Å²) < 4.78 is 10.2. The number of carbonyl (C=O) groups is 1. The Kier molecular flexibility index (Phi) is 16.0. The van der Waals surface area contributed by atoms with E-state index in [0.717, 1.165) is 25.7 Å². The fourth-order valence-electron chi connectivity index (χ4n) is 3.65. The third kappa shape index (κ3) is 12.7. The van der Waals surface area contributed by atoms with Crippen molar-refractivity contribution in [2.24, 2.45) is 0 Å². The predicted molar refractivity (Wildman–Crippen MR) is 118 cm³/mol. The maximum absolute atomic E-state index is 11.7. The molecular weight excluding hydrogens is 384 g/mol. The van der Waals surface area contributed by atoms with Crippen molar-refractivity contribution in [2.45, 2.75) is 121 Å². The molecule has 1 rings (SSSR count). The molecule has 0 spiro atoms. The van der Waals surface area contributed by atoms with Gasteiger partial charge in [0.05, 0.1) is 6.61 Å². The molecule has 1 fully saturated rings. The van der Waals surface area contributed by atoms with E-state index in [4.69, 9.17) is 9.47 Å². The summed E-state index contributed by atoms with van der Waals surface area (Å²) in [5.74, 6) is -0.347. The molecule has 1 aliphatic heterocycles. The second-order valence-electron chi connectivity index (χ2n) is 8.44. The van der Waals surface area contributed by atoms with Crippen LogP contribution in [0.3, 0.4) is 0 Å². The summed E-state index contributed by atoms with van der Waals surface area (Å²) in [7, 11) is 0. The summed E-state index contributed by atoms with van der Waals surface area (Å²) in [6.45, 7) is 2.00. The highest BCUT2D eigenvalue weighted by molar-refractivity contribution is 5.69. The lowest BCUT2D eigenvalue weighted by Gasteiger charge is -2.20. The van der Waals surface area contributed by atoms with E-state index in [1.54, 1.807) is 0 Å². The van der Waals surface area contributed by atoms with Crippen molar-refractivity contribution in [3.63, 3.8) is 0 Å². The number of hydrogen-bond acceptors (Lipinski definition) is 6.